The van der Waals surface area contributed by atoms with Gasteiger partial charge in [0, 0.05) is 32.7 Å². The molecule has 1 fully saturated rings. The number of carbonyl (C=O) groups excluding carboxylic acids is 1. The van der Waals surface area contributed by atoms with Crippen LogP contribution in [-0.2, 0) is 4.74 Å². The zero-order valence-electron chi connectivity index (χ0n) is 17.4. The van der Waals surface area contributed by atoms with Gasteiger partial charge in [-0.15, -0.1) is 24.8 Å². The molecule has 3 rings (SSSR count). The lowest BCUT2D eigenvalue weighted by atomic mass is 10.2. The van der Waals surface area contributed by atoms with E-state index in [0.717, 1.165) is 50.6 Å². The standard InChI is InChI=1S/C22H28N2O4.2ClH/c1-26-20-10-5-3-8-18(20)22(25)28-17-7-12-23-13-15-24(16-14-23)19-9-4-6-11-21(19)27-2;;/h3-6,8-11H,7,12-17H2,1-2H3;2*1H. The fraction of sp³-hybridized carbons (Fsp3) is 0.409. The summed E-state index contributed by atoms with van der Waals surface area (Å²) in [5.41, 5.74) is 1.62. The highest BCUT2D eigenvalue weighted by molar-refractivity contribution is 5.92. The van der Waals surface area contributed by atoms with Crippen molar-refractivity contribution in [3.8, 4) is 11.5 Å². The number of hydrogen-bond acceptors (Lipinski definition) is 6. The lowest BCUT2D eigenvalue weighted by Crippen LogP contribution is -2.46. The highest BCUT2D eigenvalue weighted by Crippen LogP contribution is 2.28. The van der Waals surface area contributed by atoms with Gasteiger partial charge in [-0.1, -0.05) is 24.3 Å². The average Bonchev–Trinajstić information content (AvgIpc) is 2.77. The van der Waals surface area contributed by atoms with Crippen molar-refractivity contribution in [3.05, 3.63) is 54.1 Å². The van der Waals surface area contributed by atoms with Crippen LogP contribution in [0.4, 0.5) is 5.69 Å². The summed E-state index contributed by atoms with van der Waals surface area (Å²) in [7, 11) is 3.26. The maximum Gasteiger partial charge on any atom is 0.341 e. The van der Waals surface area contributed by atoms with Crippen molar-refractivity contribution in [1.82, 2.24) is 4.90 Å². The van der Waals surface area contributed by atoms with Crippen LogP contribution in [0.15, 0.2) is 48.5 Å². The third-order valence-electron chi connectivity index (χ3n) is 4.98. The highest BCUT2D eigenvalue weighted by Gasteiger charge is 2.19. The number of ether oxygens (including phenoxy) is 3. The van der Waals surface area contributed by atoms with Crippen molar-refractivity contribution in [2.75, 3.05) is 58.5 Å². The summed E-state index contributed by atoms with van der Waals surface area (Å²) in [6, 6.07) is 15.3. The van der Waals surface area contributed by atoms with E-state index in [1.165, 1.54) is 0 Å². The fourth-order valence-electron chi connectivity index (χ4n) is 3.45. The second-order valence-electron chi connectivity index (χ2n) is 6.69. The first-order chi connectivity index (χ1) is 13.7. The van der Waals surface area contributed by atoms with E-state index in [-0.39, 0.29) is 30.8 Å². The number of benzene rings is 2. The monoisotopic (exact) mass is 456 g/mol. The summed E-state index contributed by atoms with van der Waals surface area (Å²) in [5.74, 6) is 1.12. The second-order valence-corrected chi connectivity index (χ2v) is 6.69. The van der Waals surface area contributed by atoms with Gasteiger partial charge in [-0.3, -0.25) is 4.90 Å². The first-order valence-electron chi connectivity index (χ1n) is 9.63. The largest absolute Gasteiger partial charge is 0.496 e. The molecule has 0 atom stereocenters. The van der Waals surface area contributed by atoms with Crippen LogP contribution in [0.2, 0.25) is 0 Å². The van der Waals surface area contributed by atoms with Crippen molar-refractivity contribution >= 4 is 36.5 Å². The van der Waals surface area contributed by atoms with Gasteiger partial charge in [0.2, 0.25) is 0 Å². The number of esters is 1. The highest BCUT2D eigenvalue weighted by atomic mass is 35.5. The molecule has 0 bridgehead atoms. The van der Waals surface area contributed by atoms with E-state index in [0.29, 0.717) is 17.9 Å². The Bertz CT molecular complexity index is 783. The van der Waals surface area contributed by atoms with Gasteiger partial charge < -0.3 is 19.1 Å². The molecule has 1 heterocycles. The van der Waals surface area contributed by atoms with Crippen LogP contribution in [0, 0.1) is 0 Å². The van der Waals surface area contributed by atoms with E-state index >= 15 is 0 Å². The average molecular weight is 457 g/mol. The predicted molar refractivity (Wildman–Crippen MR) is 124 cm³/mol. The Labute approximate surface area is 190 Å². The molecular formula is C22H30Cl2N2O4. The molecule has 0 spiro atoms. The molecule has 0 aromatic heterocycles. The van der Waals surface area contributed by atoms with E-state index < -0.39 is 0 Å². The van der Waals surface area contributed by atoms with Gasteiger partial charge >= 0.3 is 5.97 Å². The zero-order valence-corrected chi connectivity index (χ0v) is 19.0. The van der Waals surface area contributed by atoms with Gasteiger partial charge in [0.05, 0.1) is 26.5 Å². The van der Waals surface area contributed by atoms with Crippen LogP contribution in [0.5, 0.6) is 11.5 Å². The molecule has 2 aromatic rings. The molecule has 2 aromatic carbocycles. The number of para-hydroxylation sites is 3. The summed E-state index contributed by atoms with van der Waals surface area (Å²) in [5, 5.41) is 0. The number of piperazine rings is 1. The number of carbonyl (C=O) groups is 1. The van der Waals surface area contributed by atoms with Gasteiger partial charge in [0.1, 0.15) is 17.1 Å². The number of halogens is 2. The lowest BCUT2D eigenvalue weighted by Gasteiger charge is -2.36. The SMILES string of the molecule is COc1ccccc1C(=O)OCCCN1CCN(c2ccccc2OC)CC1.Cl.Cl. The molecule has 166 valence electrons. The molecule has 1 saturated heterocycles. The smallest absolute Gasteiger partial charge is 0.341 e. The van der Waals surface area contributed by atoms with Gasteiger partial charge in [0.25, 0.3) is 0 Å². The number of hydrogen-bond donors (Lipinski definition) is 0. The number of nitrogens with zero attached hydrogens (tertiary/aromatic N) is 2. The van der Waals surface area contributed by atoms with Crippen molar-refractivity contribution in [2.24, 2.45) is 0 Å². The van der Waals surface area contributed by atoms with Gasteiger partial charge in [-0.2, -0.15) is 0 Å². The summed E-state index contributed by atoms with van der Waals surface area (Å²) in [6.45, 7) is 5.21. The van der Waals surface area contributed by atoms with Crippen LogP contribution in [0.3, 0.4) is 0 Å². The van der Waals surface area contributed by atoms with Crippen LogP contribution in [-0.4, -0.2) is 64.4 Å². The topological polar surface area (TPSA) is 51.2 Å². The lowest BCUT2D eigenvalue weighted by molar-refractivity contribution is 0.0484. The Morgan fingerprint density at radius 1 is 0.867 bits per heavy atom. The Kier molecular flexibility index (Phi) is 11.4. The minimum Gasteiger partial charge on any atom is -0.496 e. The number of anilines is 1. The minimum atomic E-state index is -0.335. The second kappa shape index (κ2) is 13.2. The Morgan fingerprint density at radius 3 is 2.13 bits per heavy atom. The summed E-state index contributed by atoms with van der Waals surface area (Å²) < 4.78 is 16.1. The Morgan fingerprint density at radius 2 is 1.47 bits per heavy atom. The normalized spacial score (nSPS) is 13.6. The van der Waals surface area contributed by atoms with E-state index in [1.54, 1.807) is 32.4 Å². The minimum absolute atomic E-state index is 0. The molecule has 1 aliphatic heterocycles. The van der Waals surface area contributed by atoms with Crippen molar-refractivity contribution in [3.63, 3.8) is 0 Å². The molecule has 0 N–H and O–H groups in total. The number of methoxy groups -OCH3 is 2. The van der Waals surface area contributed by atoms with E-state index in [1.807, 2.05) is 24.3 Å². The molecule has 0 amide bonds. The van der Waals surface area contributed by atoms with Crippen LogP contribution in [0.1, 0.15) is 16.8 Å². The molecule has 8 heteroatoms. The molecule has 0 aliphatic carbocycles. The van der Waals surface area contributed by atoms with Gasteiger partial charge in [-0.05, 0) is 30.7 Å². The molecule has 0 saturated carbocycles. The van der Waals surface area contributed by atoms with Crippen LogP contribution >= 0.6 is 24.8 Å². The number of rotatable bonds is 8. The first kappa shape index (κ1) is 25.9. The fourth-order valence-corrected chi connectivity index (χ4v) is 3.45. The Balaban J connectivity index is 0.00000225. The molecule has 6 nitrogen and oxygen atoms in total. The molecule has 0 unspecified atom stereocenters. The first-order valence-corrected chi connectivity index (χ1v) is 9.63. The predicted octanol–water partition coefficient (Wildman–Crippen LogP) is 3.92. The van der Waals surface area contributed by atoms with Gasteiger partial charge in [0.15, 0.2) is 0 Å². The quantitative estimate of drug-likeness (QED) is 0.443. The summed E-state index contributed by atoms with van der Waals surface area (Å²) in [6.07, 6.45) is 0.815. The molecule has 30 heavy (non-hydrogen) atoms. The van der Waals surface area contributed by atoms with Crippen LogP contribution < -0.4 is 14.4 Å². The maximum atomic E-state index is 12.2. The third kappa shape index (κ3) is 6.69. The summed E-state index contributed by atoms with van der Waals surface area (Å²) in [4.78, 5) is 17.0. The molecule has 0 radical (unpaired) electrons. The van der Waals surface area contributed by atoms with E-state index in [4.69, 9.17) is 14.2 Å². The Hall–Kier alpha value is -2.15. The van der Waals surface area contributed by atoms with Crippen LogP contribution in [0.25, 0.3) is 0 Å². The van der Waals surface area contributed by atoms with Crippen molar-refractivity contribution in [1.29, 1.82) is 0 Å². The van der Waals surface area contributed by atoms with Crippen molar-refractivity contribution < 1.29 is 19.0 Å². The maximum absolute atomic E-state index is 12.2. The van der Waals surface area contributed by atoms with Crippen molar-refractivity contribution in [2.45, 2.75) is 6.42 Å². The zero-order chi connectivity index (χ0) is 19.8. The molecular weight excluding hydrogens is 427 g/mol. The van der Waals surface area contributed by atoms with E-state index in [9.17, 15) is 4.79 Å². The molecule has 1 aliphatic rings. The van der Waals surface area contributed by atoms with E-state index in [2.05, 4.69) is 15.9 Å². The third-order valence-corrected chi connectivity index (χ3v) is 4.98. The van der Waals surface area contributed by atoms with Gasteiger partial charge in [-0.25, -0.2) is 4.79 Å². The summed E-state index contributed by atoms with van der Waals surface area (Å²) >= 11 is 0.